The van der Waals surface area contributed by atoms with Gasteiger partial charge in [0.05, 0.1) is 26.1 Å². The Morgan fingerprint density at radius 1 is 1.05 bits per heavy atom. The molecule has 2 amide bonds. The number of carbonyl (C=O) groups is 2. The zero-order valence-corrected chi connectivity index (χ0v) is 12.2. The van der Waals surface area contributed by atoms with Crippen molar-refractivity contribution in [2.45, 2.75) is 6.42 Å². The lowest BCUT2D eigenvalue weighted by atomic mass is 9.85. The van der Waals surface area contributed by atoms with Gasteiger partial charge in [-0.1, -0.05) is 12.2 Å². The van der Waals surface area contributed by atoms with Crippen molar-refractivity contribution in [1.29, 1.82) is 0 Å². The zero-order chi connectivity index (χ0) is 15.4. The molecule has 2 heterocycles. The maximum atomic E-state index is 12.7. The molecular formula is C15H15N3O4. The molecule has 1 aliphatic heterocycles. The molecule has 4 rings (SSSR count). The monoisotopic (exact) mass is 301 g/mol. The van der Waals surface area contributed by atoms with E-state index in [4.69, 9.17) is 9.47 Å². The maximum Gasteiger partial charge on any atom is 0.321 e. The fourth-order valence-corrected chi connectivity index (χ4v) is 3.83. The Balaban J connectivity index is 1.75. The number of fused-ring (bicyclic) bond motifs is 5. The van der Waals surface area contributed by atoms with Crippen LogP contribution >= 0.6 is 0 Å². The Morgan fingerprint density at radius 3 is 2.23 bits per heavy atom. The average Bonchev–Trinajstić information content (AvgIpc) is 3.20. The number of allylic oxidation sites excluding steroid dienone is 2. The lowest BCUT2D eigenvalue weighted by molar-refractivity contribution is -0.123. The van der Waals surface area contributed by atoms with Crippen molar-refractivity contribution in [3.05, 3.63) is 18.2 Å². The molecule has 1 saturated heterocycles. The van der Waals surface area contributed by atoms with Gasteiger partial charge in [-0.05, 0) is 18.3 Å². The Morgan fingerprint density at radius 2 is 1.68 bits per heavy atom. The minimum Gasteiger partial charge on any atom is -0.481 e. The van der Waals surface area contributed by atoms with Gasteiger partial charge in [-0.25, -0.2) is 4.90 Å². The minimum absolute atomic E-state index is 0.0631. The highest BCUT2D eigenvalue weighted by Gasteiger charge is 2.60. The van der Waals surface area contributed by atoms with Crippen LogP contribution in [-0.2, 0) is 9.59 Å². The lowest BCUT2D eigenvalue weighted by Gasteiger charge is -2.17. The van der Waals surface area contributed by atoms with Gasteiger partial charge in [0.2, 0.25) is 17.7 Å². The Labute approximate surface area is 126 Å². The molecule has 114 valence electrons. The number of carbonyl (C=O) groups excluding carboxylic acids is 2. The van der Waals surface area contributed by atoms with E-state index in [0.717, 1.165) is 11.3 Å². The third kappa shape index (κ3) is 1.62. The van der Waals surface area contributed by atoms with E-state index < -0.39 is 0 Å². The number of methoxy groups -OCH3 is 2. The molecule has 1 saturated carbocycles. The summed E-state index contributed by atoms with van der Waals surface area (Å²) >= 11 is 0. The predicted octanol–water partition coefficient (Wildman–Crippen LogP) is 0.805. The summed E-state index contributed by atoms with van der Waals surface area (Å²) in [5.41, 5.74) is 0. The Bertz CT molecular complexity index is 650. The number of anilines is 1. The topological polar surface area (TPSA) is 81.6 Å². The van der Waals surface area contributed by atoms with Crippen LogP contribution in [-0.4, -0.2) is 36.0 Å². The number of nitrogens with zero attached hydrogens (tertiary/aromatic N) is 3. The first kappa shape index (κ1) is 13.2. The molecule has 1 aromatic rings. The van der Waals surface area contributed by atoms with E-state index >= 15 is 0 Å². The summed E-state index contributed by atoms with van der Waals surface area (Å²) in [5.74, 6) is -0.0783. The fraction of sp³-hybridized carbons (Fsp3) is 0.467. The van der Waals surface area contributed by atoms with Gasteiger partial charge in [0.15, 0.2) is 5.82 Å². The van der Waals surface area contributed by atoms with Gasteiger partial charge in [0.25, 0.3) is 0 Å². The SMILES string of the molecule is COc1cc(N2C(=O)[C@H]3[C@H](C2=O)[C@H]2C=C[C@H]3C2)nc(OC)n1. The molecule has 2 bridgehead atoms. The summed E-state index contributed by atoms with van der Waals surface area (Å²) < 4.78 is 10.1. The highest BCUT2D eigenvalue weighted by Crippen LogP contribution is 2.53. The largest absolute Gasteiger partial charge is 0.481 e. The number of rotatable bonds is 3. The highest BCUT2D eigenvalue weighted by molar-refractivity contribution is 6.22. The zero-order valence-electron chi connectivity index (χ0n) is 12.2. The van der Waals surface area contributed by atoms with E-state index in [2.05, 4.69) is 22.1 Å². The van der Waals surface area contributed by atoms with Crippen LogP contribution < -0.4 is 14.4 Å². The van der Waals surface area contributed by atoms with Crippen molar-refractivity contribution in [1.82, 2.24) is 9.97 Å². The predicted molar refractivity (Wildman–Crippen MR) is 75.3 cm³/mol. The van der Waals surface area contributed by atoms with Crippen molar-refractivity contribution in [2.75, 3.05) is 19.1 Å². The van der Waals surface area contributed by atoms with Crippen molar-refractivity contribution >= 4 is 17.6 Å². The summed E-state index contributed by atoms with van der Waals surface area (Å²) in [6, 6.07) is 1.54. The maximum absolute atomic E-state index is 12.7. The van der Waals surface area contributed by atoms with Crippen molar-refractivity contribution in [3.63, 3.8) is 0 Å². The van der Waals surface area contributed by atoms with Crippen molar-refractivity contribution in [2.24, 2.45) is 23.7 Å². The second-order valence-electron chi connectivity index (χ2n) is 5.77. The van der Waals surface area contributed by atoms with E-state index in [0.29, 0.717) is 0 Å². The molecular weight excluding hydrogens is 286 g/mol. The number of hydrogen-bond acceptors (Lipinski definition) is 6. The first-order valence-electron chi connectivity index (χ1n) is 7.17. The number of aromatic nitrogens is 2. The quantitative estimate of drug-likeness (QED) is 0.607. The molecule has 0 aromatic carbocycles. The van der Waals surface area contributed by atoms with Gasteiger partial charge in [0.1, 0.15) is 0 Å². The minimum atomic E-state index is -0.255. The van der Waals surface area contributed by atoms with E-state index in [1.807, 2.05) is 0 Å². The number of hydrogen-bond donors (Lipinski definition) is 0. The summed E-state index contributed by atoms with van der Waals surface area (Å²) in [5, 5.41) is 0. The van der Waals surface area contributed by atoms with Crippen LogP contribution in [0.2, 0.25) is 0 Å². The number of amides is 2. The van der Waals surface area contributed by atoms with Crippen LogP contribution in [0.3, 0.4) is 0 Å². The molecule has 22 heavy (non-hydrogen) atoms. The summed E-state index contributed by atoms with van der Waals surface area (Å²) in [6.07, 6.45) is 5.01. The Hall–Kier alpha value is -2.44. The standard InChI is InChI=1S/C15H15N3O4/c1-21-10-6-9(16-15(17-10)22-2)18-13(19)11-7-3-4-8(5-7)12(11)14(18)20/h3-4,6-8,11-12H,5H2,1-2H3/t7-,8-,11+,12+/m0/s1. The van der Waals surface area contributed by atoms with Gasteiger partial charge < -0.3 is 9.47 Å². The van der Waals surface area contributed by atoms with E-state index in [1.54, 1.807) is 0 Å². The molecule has 0 N–H and O–H groups in total. The first-order valence-corrected chi connectivity index (χ1v) is 7.17. The summed E-state index contributed by atoms with van der Waals surface area (Å²) in [7, 11) is 2.88. The smallest absolute Gasteiger partial charge is 0.321 e. The fourth-order valence-electron chi connectivity index (χ4n) is 3.83. The summed E-state index contributed by atoms with van der Waals surface area (Å²) in [6.45, 7) is 0. The first-order chi connectivity index (χ1) is 10.6. The third-order valence-corrected chi connectivity index (χ3v) is 4.76. The highest BCUT2D eigenvalue weighted by atomic mass is 16.5. The Kier molecular flexibility index (Phi) is 2.72. The van der Waals surface area contributed by atoms with E-state index in [9.17, 15) is 9.59 Å². The molecule has 2 aliphatic carbocycles. The lowest BCUT2D eigenvalue weighted by Crippen LogP contribution is -2.33. The molecule has 0 radical (unpaired) electrons. The molecule has 7 nitrogen and oxygen atoms in total. The molecule has 0 unspecified atom stereocenters. The molecule has 1 aromatic heterocycles. The van der Waals surface area contributed by atoms with Gasteiger partial charge in [0, 0.05) is 6.07 Å². The van der Waals surface area contributed by atoms with E-state index in [1.165, 1.54) is 20.3 Å². The van der Waals surface area contributed by atoms with Crippen LogP contribution in [0.25, 0.3) is 0 Å². The van der Waals surface area contributed by atoms with Gasteiger partial charge in [-0.15, -0.1) is 0 Å². The molecule has 3 aliphatic rings. The molecule has 2 fully saturated rings. The normalized spacial score (nSPS) is 31.8. The molecule has 4 atom stereocenters. The number of ether oxygens (including phenoxy) is 2. The average molecular weight is 301 g/mol. The van der Waals surface area contributed by atoms with Crippen molar-refractivity contribution < 1.29 is 19.1 Å². The van der Waals surface area contributed by atoms with Crippen LogP contribution in [0, 0.1) is 23.7 Å². The van der Waals surface area contributed by atoms with E-state index in [-0.39, 0.29) is 53.2 Å². The molecule has 7 heteroatoms. The van der Waals surface area contributed by atoms with Gasteiger partial charge in [-0.3, -0.25) is 9.59 Å². The van der Waals surface area contributed by atoms with Gasteiger partial charge in [-0.2, -0.15) is 9.97 Å². The van der Waals surface area contributed by atoms with Crippen molar-refractivity contribution in [3.8, 4) is 11.9 Å². The van der Waals surface area contributed by atoms with Crippen LogP contribution in [0.4, 0.5) is 5.82 Å². The van der Waals surface area contributed by atoms with Crippen LogP contribution in [0.1, 0.15) is 6.42 Å². The van der Waals surface area contributed by atoms with Crippen LogP contribution in [0.15, 0.2) is 18.2 Å². The molecule has 0 spiro atoms. The number of imide groups is 1. The van der Waals surface area contributed by atoms with Crippen LogP contribution in [0.5, 0.6) is 11.9 Å². The second-order valence-corrected chi connectivity index (χ2v) is 5.77. The van der Waals surface area contributed by atoms with Gasteiger partial charge >= 0.3 is 6.01 Å². The summed E-state index contributed by atoms with van der Waals surface area (Å²) in [4.78, 5) is 34.7. The second kappa shape index (κ2) is 4.53. The third-order valence-electron chi connectivity index (χ3n) is 4.76.